The number of benzene rings is 1. The van der Waals surface area contributed by atoms with Crippen LogP contribution in [0.25, 0.3) is 10.6 Å². The number of nitrogens with zero attached hydrogens (tertiary/aromatic N) is 2. The second kappa shape index (κ2) is 8.27. The Hall–Kier alpha value is -1.47. The molecule has 2 aromatic rings. The second-order valence-electron chi connectivity index (χ2n) is 6.23. The van der Waals surface area contributed by atoms with Gasteiger partial charge in [-0.2, -0.15) is 0 Å². The summed E-state index contributed by atoms with van der Waals surface area (Å²) in [4.78, 5) is 20.1. The lowest BCUT2D eigenvalue weighted by Crippen LogP contribution is -2.46. The number of aryl methyl sites for hydroxylation is 1. The van der Waals surface area contributed by atoms with Gasteiger partial charge in [0.2, 0.25) is 0 Å². The van der Waals surface area contributed by atoms with Crippen molar-refractivity contribution in [1.82, 2.24) is 15.2 Å². The molecule has 1 aliphatic rings. The number of morpholine rings is 1. The van der Waals surface area contributed by atoms with Crippen molar-refractivity contribution in [3.05, 3.63) is 39.9 Å². The van der Waals surface area contributed by atoms with Crippen molar-refractivity contribution >= 4 is 28.8 Å². The summed E-state index contributed by atoms with van der Waals surface area (Å²) in [5.41, 5.74) is 1.73. The molecule has 0 spiro atoms. The van der Waals surface area contributed by atoms with Crippen molar-refractivity contribution in [1.29, 1.82) is 0 Å². The predicted molar refractivity (Wildman–Crippen MR) is 101 cm³/mol. The van der Waals surface area contributed by atoms with E-state index >= 15 is 0 Å². The molecule has 0 aliphatic carbocycles. The molecule has 1 atom stereocenters. The van der Waals surface area contributed by atoms with Gasteiger partial charge in [-0.25, -0.2) is 4.98 Å². The first kappa shape index (κ1) is 18.3. The third kappa shape index (κ3) is 4.79. The fraction of sp³-hybridized carbons (Fsp3) is 0.444. The van der Waals surface area contributed by atoms with E-state index in [1.807, 2.05) is 38.1 Å². The maximum atomic E-state index is 12.6. The topological polar surface area (TPSA) is 54.5 Å². The Morgan fingerprint density at radius 1 is 1.36 bits per heavy atom. The SMILES string of the molecule is Cc1nc(-c2ccc(Cl)cc2)sc1C(=O)N[C@H](C)CN1CCOCC1. The molecule has 1 amide bonds. The summed E-state index contributed by atoms with van der Waals surface area (Å²) >= 11 is 7.35. The van der Waals surface area contributed by atoms with Crippen LogP contribution in [0.3, 0.4) is 0 Å². The summed E-state index contributed by atoms with van der Waals surface area (Å²) in [5.74, 6) is -0.0593. The van der Waals surface area contributed by atoms with Crippen molar-refractivity contribution in [2.75, 3.05) is 32.8 Å². The van der Waals surface area contributed by atoms with Gasteiger partial charge in [0.25, 0.3) is 5.91 Å². The van der Waals surface area contributed by atoms with E-state index in [4.69, 9.17) is 16.3 Å². The minimum atomic E-state index is -0.0593. The molecule has 1 N–H and O–H groups in total. The molecule has 0 saturated carbocycles. The van der Waals surface area contributed by atoms with Crippen LogP contribution in [0, 0.1) is 6.92 Å². The third-order valence-corrected chi connectivity index (χ3v) is 5.56. The van der Waals surface area contributed by atoms with Crippen LogP contribution >= 0.6 is 22.9 Å². The van der Waals surface area contributed by atoms with Crippen LogP contribution in [-0.2, 0) is 4.74 Å². The maximum Gasteiger partial charge on any atom is 0.263 e. The fourth-order valence-corrected chi connectivity index (χ4v) is 3.93. The van der Waals surface area contributed by atoms with Crippen LogP contribution in [0.15, 0.2) is 24.3 Å². The number of thiazole rings is 1. The van der Waals surface area contributed by atoms with Gasteiger partial charge in [-0.3, -0.25) is 9.69 Å². The Bertz CT molecular complexity index is 726. The largest absolute Gasteiger partial charge is 0.379 e. The van der Waals surface area contributed by atoms with E-state index in [1.165, 1.54) is 11.3 Å². The molecule has 1 fully saturated rings. The summed E-state index contributed by atoms with van der Waals surface area (Å²) in [6.07, 6.45) is 0. The number of carbonyl (C=O) groups excluding carboxylic acids is 1. The zero-order valence-electron chi connectivity index (χ0n) is 14.4. The fourth-order valence-electron chi connectivity index (χ4n) is 2.83. The lowest BCUT2D eigenvalue weighted by Gasteiger charge is -2.29. The van der Waals surface area contributed by atoms with Crippen LogP contribution < -0.4 is 5.32 Å². The monoisotopic (exact) mass is 379 g/mol. The second-order valence-corrected chi connectivity index (χ2v) is 7.66. The maximum absolute atomic E-state index is 12.6. The van der Waals surface area contributed by atoms with E-state index in [-0.39, 0.29) is 11.9 Å². The molecule has 134 valence electrons. The number of hydrogen-bond acceptors (Lipinski definition) is 5. The number of halogens is 1. The van der Waals surface area contributed by atoms with Crippen molar-refractivity contribution in [3.8, 4) is 10.6 Å². The molecule has 25 heavy (non-hydrogen) atoms. The van der Waals surface area contributed by atoms with Crippen LogP contribution in [0.1, 0.15) is 22.3 Å². The van der Waals surface area contributed by atoms with Crippen LogP contribution in [0.2, 0.25) is 5.02 Å². The Balaban J connectivity index is 1.64. The van der Waals surface area contributed by atoms with Gasteiger partial charge in [-0.05, 0) is 26.0 Å². The van der Waals surface area contributed by atoms with Crippen LogP contribution in [0.5, 0.6) is 0 Å². The van der Waals surface area contributed by atoms with E-state index in [9.17, 15) is 4.79 Å². The number of aromatic nitrogens is 1. The molecule has 1 aliphatic heterocycles. The molecular weight excluding hydrogens is 358 g/mol. The first-order valence-electron chi connectivity index (χ1n) is 8.37. The summed E-state index contributed by atoms with van der Waals surface area (Å²) in [7, 11) is 0. The summed E-state index contributed by atoms with van der Waals surface area (Å²) in [6, 6.07) is 7.58. The van der Waals surface area contributed by atoms with E-state index in [0.717, 1.165) is 49.1 Å². The quantitative estimate of drug-likeness (QED) is 0.866. The number of amides is 1. The first-order chi connectivity index (χ1) is 12.0. The highest BCUT2D eigenvalue weighted by molar-refractivity contribution is 7.17. The van der Waals surface area contributed by atoms with Crippen LogP contribution in [0.4, 0.5) is 0 Å². The van der Waals surface area contributed by atoms with Gasteiger partial charge in [0.05, 0.1) is 18.9 Å². The Morgan fingerprint density at radius 3 is 2.72 bits per heavy atom. The standard InChI is InChI=1S/C18H22ClN3O2S/c1-12(11-22-7-9-24-10-8-22)20-17(23)16-13(2)21-18(25-16)14-3-5-15(19)6-4-14/h3-6,12H,7-11H2,1-2H3,(H,20,23)/t12-/m1/s1. The number of hydrogen-bond donors (Lipinski definition) is 1. The van der Waals surface area contributed by atoms with E-state index in [0.29, 0.717) is 9.90 Å². The minimum absolute atomic E-state index is 0.0593. The molecule has 1 aromatic heterocycles. The van der Waals surface area contributed by atoms with Gasteiger partial charge >= 0.3 is 0 Å². The van der Waals surface area contributed by atoms with E-state index < -0.39 is 0 Å². The summed E-state index contributed by atoms with van der Waals surface area (Å²) in [5, 5.41) is 4.61. The molecule has 3 rings (SSSR count). The van der Waals surface area contributed by atoms with Gasteiger partial charge < -0.3 is 10.1 Å². The highest BCUT2D eigenvalue weighted by atomic mass is 35.5. The Kier molecular flexibility index (Phi) is 6.06. The highest BCUT2D eigenvalue weighted by Gasteiger charge is 2.20. The Morgan fingerprint density at radius 2 is 2.04 bits per heavy atom. The van der Waals surface area contributed by atoms with Gasteiger partial charge in [0, 0.05) is 36.3 Å². The third-order valence-electron chi connectivity index (χ3n) is 4.11. The Labute approximate surface area is 157 Å². The smallest absolute Gasteiger partial charge is 0.263 e. The first-order valence-corrected chi connectivity index (χ1v) is 9.56. The number of carbonyl (C=O) groups is 1. The minimum Gasteiger partial charge on any atom is -0.379 e. The molecule has 0 radical (unpaired) electrons. The molecule has 7 heteroatoms. The molecular formula is C18H22ClN3O2S. The molecule has 1 saturated heterocycles. The number of rotatable bonds is 5. The molecule has 5 nitrogen and oxygen atoms in total. The van der Waals surface area contributed by atoms with Gasteiger partial charge in [0.1, 0.15) is 9.88 Å². The van der Waals surface area contributed by atoms with Gasteiger partial charge in [-0.1, -0.05) is 23.7 Å². The molecule has 1 aromatic carbocycles. The zero-order chi connectivity index (χ0) is 17.8. The summed E-state index contributed by atoms with van der Waals surface area (Å²) < 4.78 is 5.36. The normalized spacial score (nSPS) is 16.6. The lowest BCUT2D eigenvalue weighted by atomic mass is 10.2. The van der Waals surface area contributed by atoms with Crippen LogP contribution in [-0.4, -0.2) is 54.7 Å². The van der Waals surface area contributed by atoms with Crippen molar-refractivity contribution in [2.24, 2.45) is 0 Å². The van der Waals surface area contributed by atoms with Gasteiger partial charge in [-0.15, -0.1) is 11.3 Å². The van der Waals surface area contributed by atoms with Crippen molar-refractivity contribution in [3.63, 3.8) is 0 Å². The van der Waals surface area contributed by atoms with Crippen molar-refractivity contribution in [2.45, 2.75) is 19.9 Å². The zero-order valence-corrected chi connectivity index (χ0v) is 16.0. The number of nitrogens with one attached hydrogen (secondary N) is 1. The summed E-state index contributed by atoms with van der Waals surface area (Å²) in [6.45, 7) is 8.09. The van der Waals surface area contributed by atoms with E-state index in [1.54, 1.807) is 0 Å². The predicted octanol–water partition coefficient (Wildman–Crippen LogP) is 3.22. The number of ether oxygens (including phenoxy) is 1. The van der Waals surface area contributed by atoms with E-state index in [2.05, 4.69) is 15.2 Å². The molecule has 0 bridgehead atoms. The lowest BCUT2D eigenvalue weighted by molar-refractivity contribution is 0.0342. The average molecular weight is 380 g/mol. The van der Waals surface area contributed by atoms with Gasteiger partial charge in [0.15, 0.2) is 0 Å². The molecule has 0 unspecified atom stereocenters. The average Bonchev–Trinajstić information content (AvgIpc) is 2.98. The highest BCUT2D eigenvalue weighted by Crippen LogP contribution is 2.28. The molecule has 2 heterocycles. The van der Waals surface area contributed by atoms with Crippen molar-refractivity contribution < 1.29 is 9.53 Å².